The summed E-state index contributed by atoms with van der Waals surface area (Å²) in [4.78, 5) is 11.7. The maximum atomic E-state index is 11.7. The predicted molar refractivity (Wildman–Crippen MR) is 75.1 cm³/mol. The number of benzene rings is 1. The fraction of sp³-hybridized carbons (Fsp3) is 0.133. The van der Waals surface area contributed by atoms with Crippen LogP contribution >= 0.6 is 0 Å². The van der Waals surface area contributed by atoms with E-state index in [1.165, 1.54) is 7.11 Å². The van der Waals surface area contributed by atoms with E-state index in [1.807, 2.05) is 36.5 Å². The quantitative estimate of drug-likeness (QED) is 0.686. The van der Waals surface area contributed by atoms with Gasteiger partial charge in [-0.05, 0) is 18.2 Å². The molecule has 0 saturated heterocycles. The van der Waals surface area contributed by atoms with Gasteiger partial charge in [-0.25, -0.2) is 4.79 Å². The minimum Gasteiger partial charge on any atom is -0.465 e. The number of carbonyl (C=O) groups excluding carboxylic acids is 1. The second kappa shape index (κ2) is 5.62. The zero-order valence-electron chi connectivity index (χ0n) is 11.4. The Hall–Kier alpha value is -2.89. The summed E-state index contributed by atoms with van der Waals surface area (Å²) in [5.74, 6) is -0.389. The third kappa shape index (κ3) is 2.55. The maximum absolute atomic E-state index is 11.7. The van der Waals surface area contributed by atoms with Crippen LogP contribution in [0.15, 0.2) is 48.7 Å². The van der Waals surface area contributed by atoms with Crippen molar-refractivity contribution < 1.29 is 14.3 Å². The van der Waals surface area contributed by atoms with E-state index in [0.29, 0.717) is 17.2 Å². The number of esters is 1. The number of hydrogen-bond donors (Lipinski definition) is 0. The van der Waals surface area contributed by atoms with Gasteiger partial charge in [0.15, 0.2) is 5.65 Å². The summed E-state index contributed by atoms with van der Waals surface area (Å²) in [6.07, 6.45) is 1.82. The fourth-order valence-electron chi connectivity index (χ4n) is 2.02. The molecule has 0 aliphatic carbocycles. The van der Waals surface area contributed by atoms with Gasteiger partial charge in [0.25, 0.3) is 0 Å². The van der Waals surface area contributed by atoms with E-state index >= 15 is 0 Å². The lowest BCUT2D eigenvalue weighted by atomic mass is 10.1. The van der Waals surface area contributed by atoms with Crippen molar-refractivity contribution >= 4 is 11.6 Å². The number of methoxy groups -OCH3 is 1. The average molecular weight is 283 g/mol. The van der Waals surface area contributed by atoms with Crippen LogP contribution in [0.3, 0.4) is 0 Å². The molecule has 3 aromatic rings. The van der Waals surface area contributed by atoms with Crippen molar-refractivity contribution in [3.8, 4) is 6.01 Å². The van der Waals surface area contributed by atoms with Crippen molar-refractivity contribution in [3.63, 3.8) is 0 Å². The van der Waals surface area contributed by atoms with Crippen LogP contribution in [-0.2, 0) is 11.3 Å². The number of carbonyl (C=O) groups is 1. The highest BCUT2D eigenvalue weighted by Gasteiger charge is 2.12. The smallest absolute Gasteiger partial charge is 0.338 e. The lowest BCUT2D eigenvalue weighted by Gasteiger charge is -2.08. The summed E-state index contributed by atoms with van der Waals surface area (Å²) in [5.41, 5.74) is 1.92. The van der Waals surface area contributed by atoms with Gasteiger partial charge < -0.3 is 9.47 Å². The zero-order valence-corrected chi connectivity index (χ0v) is 11.4. The van der Waals surface area contributed by atoms with Crippen LogP contribution in [0.4, 0.5) is 0 Å². The summed E-state index contributed by atoms with van der Waals surface area (Å²) in [7, 11) is 1.35. The van der Waals surface area contributed by atoms with Gasteiger partial charge in [0.05, 0.1) is 12.7 Å². The highest BCUT2D eigenvalue weighted by atomic mass is 16.5. The summed E-state index contributed by atoms with van der Waals surface area (Å²) in [6.45, 7) is 0.209. The Balaban J connectivity index is 1.84. The topological polar surface area (TPSA) is 65.7 Å². The molecule has 0 radical (unpaired) electrons. The molecule has 2 aromatic heterocycles. The normalized spacial score (nSPS) is 10.5. The molecule has 3 rings (SSSR count). The minimum atomic E-state index is -0.389. The molecule has 0 atom stereocenters. The first-order valence-corrected chi connectivity index (χ1v) is 6.38. The first kappa shape index (κ1) is 13.1. The van der Waals surface area contributed by atoms with E-state index < -0.39 is 0 Å². The van der Waals surface area contributed by atoms with Crippen LogP contribution in [0.2, 0.25) is 0 Å². The molecule has 0 N–H and O–H groups in total. The largest absolute Gasteiger partial charge is 0.465 e. The van der Waals surface area contributed by atoms with Crippen LogP contribution in [0, 0.1) is 0 Å². The van der Waals surface area contributed by atoms with E-state index in [2.05, 4.69) is 10.2 Å². The Morgan fingerprint density at radius 2 is 1.95 bits per heavy atom. The standard InChI is InChI=1S/C15H13N3O3/c1-20-14(19)12-7-3-2-6-11(12)10-21-15-17-16-13-8-4-5-9-18(13)15/h2-9H,10H2,1H3. The van der Waals surface area contributed by atoms with E-state index in [4.69, 9.17) is 9.47 Å². The van der Waals surface area contributed by atoms with Gasteiger partial charge >= 0.3 is 12.0 Å². The summed E-state index contributed by atoms with van der Waals surface area (Å²) in [6, 6.07) is 13.1. The van der Waals surface area contributed by atoms with Crippen LogP contribution < -0.4 is 4.74 Å². The fourth-order valence-corrected chi connectivity index (χ4v) is 2.02. The third-order valence-corrected chi connectivity index (χ3v) is 3.06. The number of aromatic nitrogens is 3. The first-order valence-electron chi connectivity index (χ1n) is 6.38. The number of fused-ring (bicyclic) bond motifs is 1. The zero-order chi connectivity index (χ0) is 14.7. The van der Waals surface area contributed by atoms with Crippen molar-refractivity contribution in [1.29, 1.82) is 0 Å². The molecule has 106 valence electrons. The number of ether oxygens (including phenoxy) is 2. The molecule has 0 amide bonds. The van der Waals surface area contributed by atoms with Gasteiger partial charge in [-0.2, -0.15) is 0 Å². The second-order valence-corrected chi connectivity index (χ2v) is 4.35. The maximum Gasteiger partial charge on any atom is 0.338 e. The van der Waals surface area contributed by atoms with E-state index in [0.717, 1.165) is 5.56 Å². The van der Waals surface area contributed by atoms with Gasteiger partial charge in [-0.15, -0.1) is 5.10 Å². The van der Waals surface area contributed by atoms with Crippen molar-refractivity contribution in [3.05, 3.63) is 59.8 Å². The van der Waals surface area contributed by atoms with Gasteiger partial charge in [-0.3, -0.25) is 4.40 Å². The lowest BCUT2D eigenvalue weighted by molar-refractivity contribution is 0.0597. The molecule has 0 spiro atoms. The first-order chi connectivity index (χ1) is 10.3. The molecule has 0 saturated carbocycles. The molecule has 0 fully saturated rings. The minimum absolute atomic E-state index is 0.209. The van der Waals surface area contributed by atoms with Crippen molar-refractivity contribution in [1.82, 2.24) is 14.6 Å². The molecule has 6 nitrogen and oxygen atoms in total. The Labute approximate surface area is 120 Å². The van der Waals surface area contributed by atoms with Crippen LogP contribution in [0.25, 0.3) is 5.65 Å². The molecule has 6 heteroatoms. The number of pyridine rings is 1. The van der Waals surface area contributed by atoms with E-state index in [-0.39, 0.29) is 12.6 Å². The molecular formula is C15H13N3O3. The Kier molecular flexibility index (Phi) is 3.51. The highest BCUT2D eigenvalue weighted by Crippen LogP contribution is 2.15. The van der Waals surface area contributed by atoms with E-state index in [9.17, 15) is 4.79 Å². The number of nitrogens with zero attached hydrogens (tertiary/aromatic N) is 3. The molecular weight excluding hydrogens is 270 g/mol. The summed E-state index contributed by atoms with van der Waals surface area (Å²) >= 11 is 0. The molecule has 1 aromatic carbocycles. The predicted octanol–water partition coefficient (Wildman–Crippen LogP) is 2.09. The molecule has 0 unspecified atom stereocenters. The van der Waals surface area contributed by atoms with Crippen LogP contribution in [-0.4, -0.2) is 27.7 Å². The highest BCUT2D eigenvalue weighted by molar-refractivity contribution is 5.90. The van der Waals surface area contributed by atoms with Crippen molar-refractivity contribution in [2.24, 2.45) is 0 Å². The van der Waals surface area contributed by atoms with Gasteiger partial charge in [-0.1, -0.05) is 29.4 Å². The number of hydrogen-bond acceptors (Lipinski definition) is 5. The SMILES string of the molecule is COC(=O)c1ccccc1COc1nnc2ccccn12. The third-order valence-electron chi connectivity index (χ3n) is 3.06. The molecule has 21 heavy (non-hydrogen) atoms. The Morgan fingerprint density at radius 1 is 1.14 bits per heavy atom. The van der Waals surface area contributed by atoms with Gasteiger partial charge in [0.2, 0.25) is 0 Å². The van der Waals surface area contributed by atoms with Gasteiger partial charge in [0, 0.05) is 11.8 Å². The molecule has 0 bridgehead atoms. The van der Waals surface area contributed by atoms with E-state index in [1.54, 1.807) is 16.5 Å². The average Bonchev–Trinajstić information content (AvgIpc) is 2.96. The van der Waals surface area contributed by atoms with Crippen molar-refractivity contribution in [2.45, 2.75) is 6.61 Å². The summed E-state index contributed by atoms with van der Waals surface area (Å²) < 4.78 is 12.2. The summed E-state index contributed by atoms with van der Waals surface area (Å²) in [5, 5.41) is 7.98. The molecule has 0 aliphatic heterocycles. The molecule has 2 heterocycles. The van der Waals surface area contributed by atoms with Gasteiger partial charge in [0.1, 0.15) is 6.61 Å². The lowest BCUT2D eigenvalue weighted by Crippen LogP contribution is -2.08. The van der Waals surface area contributed by atoms with Crippen LogP contribution in [0.5, 0.6) is 6.01 Å². The second-order valence-electron chi connectivity index (χ2n) is 4.35. The van der Waals surface area contributed by atoms with Crippen molar-refractivity contribution in [2.75, 3.05) is 7.11 Å². The van der Waals surface area contributed by atoms with Crippen LogP contribution in [0.1, 0.15) is 15.9 Å². The Bertz CT molecular complexity index is 782. The Morgan fingerprint density at radius 3 is 2.81 bits per heavy atom. The monoisotopic (exact) mass is 283 g/mol. The molecule has 0 aliphatic rings. The number of rotatable bonds is 4.